The molecule has 1 saturated heterocycles. The van der Waals surface area contributed by atoms with Crippen LogP contribution in [0, 0.1) is 0 Å². The van der Waals surface area contributed by atoms with Crippen LogP contribution in [0.3, 0.4) is 0 Å². The Morgan fingerprint density at radius 3 is 3.29 bits per heavy atom. The van der Waals surface area contributed by atoms with Crippen molar-refractivity contribution < 1.29 is 4.52 Å². The highest BCUT2D eigenvalue weighted by atomic mass is 32.2. The smallest absolute Gasteiger partial charge is 0.231 e. The van der Waals surface area contributed by atoms with Crippen LogP contribution in [-0.4, -0.2) is 29.5 Å². The Morgan fingerprint density at radius 2 is 2.57 bits per heavy atom. The number of nitrogens with one attached hydrogen (secondary N) is 1. The van der Waals surface area contributed by atoms with E-state index in [0.717, 1.165) is 37.0 Å². The van der Waals surface area contributed by atoms with E-state index in [1.165, 1.54) is 6.42 Å². The minimum atomic E-state index is 0.423. The van der Waals surface area contributed by atoms with Gasteiger partial charge in [-0.3, -0.25) is 0 Å². The van der Waals surface area contributed by atoms with Gasteiger partial charge in [-0.15, -0.1) is 0 Å². The molecular weight excluding hydrogens is 198 g/mol. The summed E-state index contributed by atoms with van der Waals surface area (Å²) in [6.45, 7) is 2.09. The summed E-state index contributed by atoms with van der Waals surface area (Å²) in [7, 11) is 0. The third kappa shape index (κ3) is 2.27. The van der Waals surface area contributed by atoms with E-state index in [-0.39, 0.29) is 0 Å². The summed E-state index contributed by atoms with van der Waals surface area (Å²) >= 11 is 1.71. The van der Waals surface area contributed by atoms with Gasteiger partial charge >= 0.3 is 0 Å². The normalized spacial score (nSPS) is 22.5. The molecule has 2 heterocycles. The Balaban J connectivity index is 2.00. The van der Waals surface area contributed by atoms with Gasteiger partial charge in [0.2, 0.25) is 5.89 Å². The summed E-state index contributed by atoms with van der Waals surface area (Å²) in [6, 6.07) is 0. The van der Waals surface area contributed by atoms with E-state index < -0.39 is 0 Å². The first-order valence-corrected chi connectivity index (χ1v) is 6.31. The molecule has 2 rings (SSSR count). The molecule has 0 spiro atoms. The van der Waals surface area contributed by atoms with Gasteiger partial charge in [0.1, 0.15) is 0 Å². The first kappa shape index (κ1) is 9.98. The molecule has 5 heteroatoms. The Hall–Kier alpha value is -0.550. The molecule has 0 bridgehead atoms. The van der Waals surface area contributed by atoms with Crippen molar-refractivity contribution in [3.63, 3.8) is 0 Å². The van der Waals surface area contributed by atoms with Crippen LogP contribution in [0.5, 0.6) is 0 Å². The second kappa shape index (κ2) is 4.79. The van der Waals surface area contributed by atoms with Gasteiger partial charge in [0.05, 0.1) is 11.7 Å². The maximum absolute atomic E-state index is 5.24. The van der Waals surface area contributed by atoms with E-state index in [9.17, 15) is 0 Å². The lowest BCUT2D eigenvalue weighted by atomic mass is 10.00. The molecule has 1 fully saturated rings. The van der Waals surface area contributed by atoms with Crippen LogP contribution >= 0.6 is 11.8 Å². The summed E-state index contributed by atoms with van der Waals surface area (Å²) < 4.78 is 5.24. The van der Waals surface area contributed by atoms with Crippen LogP contribution in [-0.2, 0) is 5.75 Å². The molecule has 4 nitrogen and oxygen atoms in total. The van der Waals surface area contributed by atoms with Crippen molar-refractivity contribution in [1.29, 1.82) is 0 Å². The van der Waals surface area contributed by atoms with Crippen LogP contribution in [0.15, 0.2) is 4.52 Å². The summed E-state index contributed by atoms with van der Waals surface area (Å²) in [5.41, 5.74) is 0. The number of aromatic nitrogens is 2. The summed E-state index contributed by atoms with van der Waals surface area (Å²) in [4.78, 5) is 4.39. The Kier molecular flexibility index (Phi) is 3.42. The van der Waals surface area contributed by atoms with Gasteiger partial charge in [-0.1, -0.05) is 5.16 Å². The van der Waals surface area contributed by atoms with Gasteiger partial charge in [0, 0.05) is 6.54 Å². The highest BCUT2D eigenvalue weighted by molar-refractivity contribution is 7.97. The molecule has 0 unspecified atom stereocenters. The maximum atomic E-state index is 5.24. The fraction of sp³-hybridized carbons (Fsp3) is 0.778. The van der Waals surface area contributed by atoms with Crippen LogP contribution < -0.4 is 5.32 Å². The monoisotopic (exact) mass is 213 g/mol. The highest BCUT2D eigenvalue weighted by Gasteiger charge is 2.20. The predicted octanol–water partition coefficient (Wildman–Crippen LogP) is 1.40. The molecule has 0 saturated carbocycles. The average Bonchev–Trinajstić information content (AvgIpc) is 2.68. The van der Waals surface area contributed by atoms with E-state index >= 15 is 0 Å². The molecule has 1 aliphatic heterocycles. The zero-order chi connectivity index (χ0) is 9.80. The van der Waals surface area contributed by atoms with Crippen LogP contribution in [0.1, 0.15) is 30.5 Å². The molecule has 1 aromatic heterocycles. The molecule has 1 aliphatic rings. The van der Waals surface area contributed by atoms with Gasteiger partial charge < -0.3 is 9.84 Å². The van der Waals surface area contributed by atoms with E-state index in [1.54, 1.807) is 11.8 Å². The second-order valence-corrected chi connectivity index (χ2v) is 4.39. The van der Waals surface area contributed by atoms with E-state index in [2.05, 4.69) is 15.5 Å². The van der Waals surface area contributed by atoms with Gasteiger partial charge in [0.15, 0.2) is 5.82 Å². The average molecular weight is 213 g/mol. The summed E-state index contributed by atoms with van der Waals surface area (Å²) in [5.74, 6) is 2.88. The third-order valence-corrected chi connectivity index (χ3v) is 2.95. The highest BCUT2D eigenvalue weighted by Crippen LogP contribution is 2.21. The summed E-state index contributed by atoms with van der Waals surface area (Å²) in [5, 5.41) is 7.29. The topological polar surface area (TPSA) is 51.0 Å². The molecule has 1 atom stereocenters. The zero-order valence-corrected chi connectivity index (χ0v) is 9.14. The number of hydrogen-bond donors (Lipinski definition) is 1. The standard InChI is InChI=1S/C9H15N3OS/c1-14-6-8-11-9(13-12-8)7-3-2-4-10-5-7/h7,10H,2-6H2,1H3/t7-/m1/s1. The number of hydrogen-bond acceptors (Lipinski definition) is 5. The molecule has 0 amide bonds. The fourth-order valence-electron chi connectivity index (χ4n) is 1.68. The Labute approximate surface area is 87.8 Å². The number of nitrogens with zero attached hydrogens (tertiary/aromatic N) is 2. The van der Waals surface area contributed by atoms with Crippen molar-refractivity contribution in [1.82, 2.24) is 15.5 Å². The zero-order valence-electron chi connectivity index (χ0n) is 8.32. The van der Waals surface area contributed by atoms with Gasteiger partial charge in [0.25, 0.3) is 0 Å². The minimum Gasteiger partial charge on any atom is -0.339 e. The van der Waals surface area contributed by atoms with Crippen LogP contribution in [0.25, 0.3) is 0 Å². The lowest BCUT2D eigenvalue weighted by molar-refractivity contribution is 0.320. The predicted molar refractivity (Wildman–Crippen MR) is 56.4 cm³/mol. The third-order valence-electron chi connectivity index (χ3n) is 2.40. The van der Waals surface area contributed by atoms with Crippen molar-refractivity contribution in [3.8, 4) is 0 Å². The van der Waals surface area contributed by atoms with Gasteiger partial charge in [-0.25, -0.2) is 0 Å². The molecule has 0 radical (unpaired) electrons. The van der Waals surface area contributed by atoms with Gasteiger partial charge in [-0.05, 0) is 25.6 Å². The fourth-order valence-corrected chi connectivity index (χ4v) is 2.06. The Morgan fingerprint density at radius 1 is 1.64 bits per heavy atom. The largest absolute Gasteiger partial charge is 0.339 e. The van der Waals surface area contributed by atoms with Crippen molar-refractivity contribution in [2.45, 2.75) is 24.5 Å². The molecule has 78 valence electrons. The van der Waals surface area contributed by atoms with E-state index in [4.69, 9.17) is 4.52 Å². The lowest BCUT2D eigenvalue weighted by Gasteiger charge is -2.18. The number of thioether (sulfide) groups is 1. The van der Waals surface area contributed by atoms with Crippen molar-refractivity contribution in [2.24, 2.45) is 0 Å². The SMILES string of the molecule is CSCc1noc([C@@H]2CCCNC2)n1. The van der Waals surface area contributed by atoms with Crippen molar-refractivity contribution in [2.75, 3.05) is 19.3 Å². The maximum Gasteiger partial charge on any atom is 0.231 e. The van der Waals surface area contributed by atoms with Crippen LogP contribution in [0.4, 0.5) is 0 Å². The number of rotatable bonds is 3. The molecule has 0 aliphatic carbocycles. The Bertz CT molecular complexity index is 283. The van der Waals surface area contributed by atoms with Crippen molar-refractivity contribution >= 4 is 11.8 Å². The van der Waals surface area contributed by atoms with E-state index in [0.29, 0.717) is 5.92 Å². The van der Waals surface area contributed by atoms with Crippen LogP contribution in [0.2, 0.25) is 0 Å². The molecule has 0 aromatic carbocycles. The first-order valence-electron chi connectivity index (χ1n) is 4.92. The second-order valence-electron chi connectivity index (χ2n) is 3.53. The molecule has 14 heavy (non-hydrogen) atoms. The summed E-state index contributed by atoms with van der Waals surface area (Å²) in [6.07, 6.45) is 4.40. The van der Waals surface area contributed by atoms with E-state index in [1.807, 2.05) is 6.26 Å². The first-order chi connectivity index (χ1) is 6.90. The molecule has 1 aromatic rings. The molecule has 1 N–H and O–H groups in total. The van der Waals surface area contributed by atoms with Crippen molar-refractivity contribution in [3.05, 3.63) is 11.7 Å². The lowest BCUT2D eigenvalue weighted by Crippen LogP contribution is -2.28. The molecular formula is C9H15N3OS. The quantitative estimate of drug-likeness (QED) is 0.822. The number of piperidine rings is 1. The minimum absolute atomic E-state index is 0.423. The van der Waals surface area contributed by atoms with Gasteiger partial charge in [-0.2, -0.15) is 16.7 Å².